The van der Waals surface area contributed by atoms with Crippen LogP contribution in [0.15, 0.2) is 66.1 Å². The summed E-state index contributed by atoms with van der Waals surface area (Å²) in [6.07, 6.45) is 2.18. The fourth-order valence-corrected chi connectivity index (χ4v) is 2.74. The van der Waals surface area contributed by atoms with Gasteiger partial charge in [-0.15, -0.1) is 0 Å². The van der Waals surface area contributed by atoms with E-state index in [0.29, 0.717) is 6.42 Å². The molecule has 0 radical (unpaired) electrons. The highest BCUT2D eigenvalue weighted by molar-refractivity contribution is 7.94. The van der Waals surface area contributed by atoms with Gasteiger partial charge >= 0.3 is 0 Å². The average molecular weight is 272 g/mol. The molecule has 0 bridgehead atoms. The third kappa shape index (κ3) is 4.72. The molecule has 2 aromatic carbocycles. The van der Waals surface area contributed by atoms with Crippen molar-refractivity contribution >= 4 is 15.9 Å². The van der Waals surface area contributed by atoms with Crippen molar-refractivity contribution in [2.45, 2.75) is 6.42 Å². The van der Waals surface area contributed by atoms with Crippen molar-refractivity contribution in [1.82, 2.24) is 0 Å². The van der Waals surface area contributed by atoms with E-state index in [9.17, 15) is 8.42 Å². The second-order valence-electron chi connectivity index (χ2n) is 4.32. The van der Waals surface area contributed by atoms with Crippen molar-refractivity contribution < 1.29 is 8.42 Å². The molecule has 2 aromatic rings. The second kappa shape index (κ2) is 6.34. The normalized spacial score (nSPS) is 11.8. The average Bonchev–Trinajstić information content (AvgIpc) is 2.46. The third-order valence-electron chi connectivity index (χ3n) is 2.79. The lowest BCUT2D eigenvalue weighted by Gasteiger charge is -2.00. The maximum Gasteiger partial charge on any atom is 0.171 e. The van der Waals surface area contributed by atoms with E-state index in [-0.39, 0.29) is 5.75 Å². The predicted molar refractivity (Wildman–Crippen MR) is 79.4 cm³/mol. The number of rotatable bonds is 5. The van der Waals surface area contributed by atoms with Crippen molar-refractivity contribution in [3.05, 3.63) is 77.2 Å². The number of hydrogen-bond donors (Lipinski definition) is 0. The Morgan fingerprint density at radius 2 is 1.42 bits per heavy atom. The zero-order valence-corrected chi connectivity index (χ0v) is 11.4. The molecule has 19 heavy (non-hydrogen) atoms. The molecule has 2 nitrogen and oxygen atoms in total. The van der Waals surface area contributed by atoms with Crippen LogP contribution in [0.1, 0.15) is 11.1 Å². The Morgan fingerprint density at radius 3 is 2.05 bits per heavy atom. The predicted octanol–water partition coefficient (Wildman–Crippen LogP) is 3.31. The lowest BCUT2D eigenvalue weighted by atomic mass is 10.2. The number of hydrogen-bond acceptors (Lipinski definition) is 2. The lowest BCUT2D eigenvalue weighted by molar-refractivity contribution is 0.604. The van der Waals surface area contributed by atoms with Crippen molar-refractivity contribution in [2.75, 3.05) is 5.75 Å². The highest BCUT2D eigenvalue weighted by Crippen LogP contribution is 2.07. The molecule has 0 aromatic heterocycles. The van der Waals surface area contributed by atoms with E-state index in [0.717, 1.165) is 11.1 Å². The standard InChI is InChI=1S/C16H16O2S/c17-19(18,13-11-15-7-3-1-4-8-15)14-12-16-9-5-2-6-10-16/h1-11,13H,12,14H2. The van der Waals surface area contributed by atoms with Crippen LogP contribution < -0.4 is 0 Å². The topological polar surface area (TPSA) is 34.1 Å². The first-order chi connectivity index (χ1) is 9.16. The monoisotopic (exact) mass is 272 g/mol. The summed E-state index contributed by atoms with van der Waals surface area (Å²) in [7, 11) is -3.16. The fraction of sp³-hybridized carbons (Fsp3) is 0.125. The second-order valence-corrected chi connectivity index (χ2v) is 6.32. The van der Waals surface area contributed by atoms with Gasteiger partial charge in [-0.05, 0) is 23.6 Å². The van der Waals surface area contributed by atoms with E-state index in [1.54, 1.807) is 6.08 Å². The minimum Gasteiger partial charge on any atom is -0.224 e. The molecule has 0 fully saturated rings. The molecular formula is C16H16O2S. The third-order valence-corrected chi connectivity index (χ3v) is 4.11. The molecule has 0 heterocycles. The van der Waals surface area contributed by atoms with E-state index in [4.69, 9.17) is 0 Å². The zero-order chi connectivity index (χ0) is 13.6. The van der Waals surface area contributed by atoms with Gasteiger partial charge in [0.2, 0.25) is 0 Å². The fourth-order valence-electron chi connectivity index (χ4n) is 1.72. The first kappa shape index (κ1) is 13.6. The van der Waals surface area contributed by atoms with Crippen LogP contribution in [0.2, 0.25) is 0 Å². The Bertz CT molecular complexity index is 629. The van der Waals surface area contributed by atoms with E-state index in [2.05, 4.69) is 0 Å². The molecule has 0 unspecified atom stereocenters. The smallest absolute Gasteiger partial charge is 0.171 e. The van der Waals surface area contributed by atoms with E-state index in [1.807, 2.05) is 60.7 Å². The Labute approximate surface area is 114 Å². The molecule has 0 atom stereocenters. The Balaban J connectivity index is 1.98. The largest absolute Gasteiger partial charge is 0.224 e. The number of aryl methyl sites for hydroxylation is 1. The summed E-state index contributed by atoms with van der Waals surface area (Å²) >= 11 is 0. The minimum atomic E-state index is -3.16. The van der Waals surface area contributed by atoms with Crippen LogP contribution in [0, 0.1) is 0 Å². The van der Waals surface area contributed by atoms with E-state index in [1.165, 1.54) is 5.41 Å². The number of sulfone groups is 1. The molecule has 0 saturated carbocycles. The maximum absolute atomic E-state index is 11.9. The van der Waals surface area contributed by atoms with Gasteiger partial charge < -0.3 is 0 Å². The van der Waals surface area contributed by atoms with Crippen LogP contribution in [-0.4, -0.2) is 14.2 Å². The summed E-state index contributed by atoms with van der Waals surface area (Å²) in [6.45, 7) is 0. The molecule has 0 amide bonds. The molecule has 3 heteroatoms. The first-order valence-corrected chi connectivity index (χ1v) is 7.87. The molecule has 0 saturated heterocycles. The van der Waals surface area contributed by atoms with Crippen molar-refractivity contribution in [3.63, 3.8) is 0 Å². The highest BCUT2D eigenvalue weighted by Gasteiger charge is 2.06. The molecule has 98 valence electrons. The minimum absolute atomic E-state index is 0.139. The molecule has 0 aliphatic heterocycles. The van der Waals surface area contributed by atoms with Crippen LogP contribution >= 0.6 is 0 Å². The van der Waals surface area contributed by atoms with E-state index < -0.39 is 9.84 Å². The van der Waals surface area contributed by atoms with Gasteiger partial charge in [0, 0.05) is 5.41 Å². The van der Waals surface area contributed by atoms with Gasteiger partial charge in [-0.2, -0.15) is 0 Å². The first-order valence-electron chi connectivity index (χ1n) is 6.15. The van der Waals surface area contributed by atoms with Crippen molar-refractivity contribution in [3.8, 4) is 0 Å². The maximum atomic E-state index is 11.9. The Hall–Kier alpha value is -1.87. The summed E-state index contributed by atoms with van der Waals surface area (Å²) < 4.78 is 23.8. The van der Waals surface area contributed by atoms with Crippen LogP contribution in [0.25, 0.3) is 6.08 Å². The van der Waals surface area contributed by atoms with Crippen LogP contribution in [0.4, 0.5) is 0 Å². The molecule has 0 N–H and O–H groups in total. The van der Waals surface area contributed by atoms with Gasteiger partial charge in [0.05, 0.1) is 5.75 Å². The zero-order valence-electron chi connectivity index (χ0n) is 10.6. The summed E-state index contributed by atoms with van der Waals surface area (Å²) in [5.74, 6) is 0.139. The lowest BCUT2D eigenvalue weighted by Crippen LogP contribution is -2.05. The summed E-state index contributed by atoms with van der Waals surface area (Å²) in [6, 6.07) is 19.1. The molecule has 0 aliphatic rings. The van der Waals surface area contributed by atoms with Gasteiger partial charge in [0.25, 0.3) is 0 Å². The molecule has 0 aliphatic carbocycles. The molecule has 2 rings (SSSR count). The van der Waals surface area contributed by atoms with E-state index >= 15 is 0 Å². The highest BCUT2D eigenvalue weighted by atomic mass is 32.2. The summed E-state index contributed by atoms with van der Waals surface area (Å²) in [5.41, 5.74) is 1.94. The van der Waals surface area contributed by atoms with Gasteiger partial charge in [0.1, 0.15) is 0 Å². The van der Waals surface area contributed by atoms with Crippen LogP contribution in [-0.2, 0) is 16.3 Å². The van der Waals surface area contributed by atoms with Crippen LogP contribution in [0.3, 0.4) is 0 Å². The SMILES string of the molecule is O=S(=O)(C=Cc1ccccc1)CCc1ccccc1. The molecule has 0 spiro atoms. The number of benzene rings is 2. The van der Waals surface area contributed by atoms with Gasteiger partial charge in [-0.25, -0.2) is 8.42 Å². The summed E-state index contributed by atoms with van der Waals surface area (Å²) in [5, 5.41) is 1.30. The van der Waals surface area contributed by atoms with Gasteiger partial charge in [-0.3, -0.25) is 0 Å². The van der Waals surface area contributed by atoms with Crippen molar-refractivity contribution in [2.24, 2.45) is 0 Å². The quantitative estimate of drug-likeness (QED) is 0.836. The Kier molecular flexibility index (Phi) is 4.53. The Morgan fingerprint density at radius 1 is 0.842 bits per heavy atom. The summed E-state index contributed by atoms with van der Waals surface area (Å²) in [4.78, 5) is 0. The van der Waals surface area contributed by atoms with Crippen molar-refractivity contribution in [1.29, 1.82) is 0 Å². The van der Waals surface area contributed by atoms with Gasteiger partial charge in [0.15, 0.2) is 9.84 Å². The van der Waals surface area contributed by atoms with Crippen LogP contribution in [0.5, 0.6) is 0 Å². The van der Waals surface area contributed by atoms with Gasteiger partial charge in [-0.1, -0.05) is 60.7 Å². The molecular weight excluding hydrogens is 256 g/mol.